The summed E-state index contributed by atoms with van der Waals surface area (Å²) >= 11 is 0. The molecule has 0 saturated heterocycles. The zero-order chi connectivity index (χ0) is 27.2. The van der Waals surface area contributed by atoms with Gasteiger partial charge in [0, 0.05) is 11.5 Å². The minimum Gasteiger partial charge on any atom is -0.507 e. The number of unbranched alkanes of at least 4 members (excludes halogenated alkanes) is 1. The number of methoxy groups -OCH3 is 2. The van der Waals surface area contributed by atoms with Gasteiger partial charge < -0.3 is 19.7 Å². The second-order valence-electron chi connectivity index (χ2n) is 10.6. The van der Waals surface area contributed by atoms with Crippen LogP contribution in [-0.4, -0.2) is 30.2 Å². The number of ketones is 1. The highest BCUT2D eigenvalue weighted by molar-refractivity contribution is 6.05. The van der Waals surface area contributed by atoms with Crippen LogP contribution in [0.5, 0.6) is 23.0 Å². The molecule has 5 heteroatoms. The van der Waals surface area contributed by atoms with E-state index >= 15 is 0 Å². The van der Waals surface area contributed by atoms with Crippen LogP contribution in [-0.2, 0) is 12.8 Å². The van der Waals surface area contributed by atoms with Crippen molar-refractivity contribution in [3.05, 3.63) is 70.8 Å². The van der Waals surface area contributed by atoms with Gasteiger partial charge in [0.05, 0.1) is 19.8 Å². The summed E-state index contributed by atoms with van der Waals surface area (Å²) in [6, 6.07) is 15.8. The molecule has 3 aromatic carbocycles. The van der Waals surface area contributed by atoms with Gasteiger partial charge >= 0.3 is 0 Å². The topological polar surface area (TPSA) is 76.0 Å². The Morgan fingerprint density at radius 2 is 1.55 bits per heavy atom. The van der Waals surface area contributed by atoms with Gasteiger partial charge in [0.1, 0.15) is 28.6 Å². The summed E-state index contributed by atoms with van der Waals surface area (Å²) in [4.78, 5) is 13.8. The zero-order valence-corrected chi connectivity index (χ0v) is 23.0. The lowest BCUT2D eigenvalue weighted by atomic mass is 9.76. The predicted molar refractivity (Wildman–Crippen MR) is 152 cm³/mol. The third-order valence-electron chi connectivity index (χ3n) is 7.95. The van der Waals surface area contributed by atoms with Crippen molar-refractivity contribution in [3.63, 3.8) is 0 Å². The summed E-state index contributed by atoms with van der Waals surface area (Å²) < 4.78 is 11.3. The molecule has 1 aliphatic rings. The molecule has 0 unspecified atom stereocenters. The van der Waals surface area contributed by atoms with Crippen molar-refractivity contribution in [2.75, 3.05) is 14.2 Å². The molecule has 5 nitrogen and oxygen atoms in total. The summed E-state index contributed by atoms with van der Waals surface area (Å²) in [5.74, 6) is 0.856. The number of hydrogen-bond acceptors (Lipinski definition) is 5. The molecular weight excluding hydrogens is 476 g/mol. The van der Waals surface area contributed by atoms with Crippen LogP contribution in [0.4, 0.5) is 0 Å². The summed E-state index contributed by atoms with van der Waals surface area (Å²) in [5, 5.41) is 22.6. The second kappa shape index (κ2) is 12.4. The fourth-order valence-electron chi connectivity index (χ4n) is 5.78. The number of Topliss-reactive ketones (excluding diaryl/α,β-unsaturated/α-hetero) is 1. The number of aryl methyl sites for hydroxylation is 2. The Bertz CT molecular complexity index is 1230. The number of aromatic hydroxyl groups is 2. The van der Waals surface area contributed by atoms with Crippen molar-refractivity contribution < 1.29 is 24.5 Å². The number of rotatable bonds is 10. The Kier molecular flexibility index (Phi) is 8.98. The summed E-state index contributed by atoms with van der Waals surface area (Å²) in [6.45, 7) is 4.19. The lowest BCUT2D eigenvalue weighted by Gasteiger charge is -2.28. The van der Waals surface area contributed by atoms with Crippen LogP contribution in [0.15, 0.2) is 48.5 Å². The van der Waals surface area contributed by atoms with Crippen LogP contribution in [0.1, 0.15) is 72.5 Å². The highest BCUT2D eigenvalue weighted by Gasteiger charge is 2.33. The summed E-state index contributed by atoms with van der Waals surface area (Å²) in [7, 11) is 3.14. The molecule has 0 heterocycles. The third-order valence-corrected chi connectivity index (χ3v) is 7.95. The molecule has 0 amide bonds. The van der Waals surface area contributed by atoms with Gasteiger partial charge in [0.25, 0.3) is 0 Å². The van der Waals surface area contributed by atoms with Gasteiger partial charge in [-0.15, -0.1) is 0 Å². The molecule has 2 N–H and O–H groups in total. The quantitative estimate of drug-likeness (QED) is 0.271. The first-order valence-corrected chi connectivity index (χ1v) is 13.8. The standard InChI is InChI=1S/C33H40O5/c1-5-6-8-25-20-26(34)30(33(36)29(25)31-27(37-3)9-7-10-28(31)38-4)32(35)24-17-15-23(16-18-24)19-22-13-11-21(2)12-14-22/h7,9-14,20,23-24,34,36H,5-6,8,15-19H2,1-4H3. The predicted octanol–water partition coefficient (Wildman–Crippen LogP) is 7.66. The number of carbonyl (C=O) groups excluding carboxylic acids is 1. The first kappa shape index (κ1) is 27.6. The van der Waals surface area contributed by atoms with E-state index in [0.717, 1.165) is 50.5 Å². The van der Waals surface area contributed by atoms with Gasteiger partial charge in [0.2, 0.25) is 0 Å². The normalized spacial score (nSPS) is 17.3. The van der Waals surface area contributed by atoms with E-state index in [9.17, 15) is 15.0 Å². The molecule has 0 aromatic heterocycles. The minimum atomic E-state index is -0.227. The molecule has 202 valence electrons. The Labute approximate surface area is 226 Å². The maximum absolute atomic E-state index is 13.8. The molecule has 0 atom stereocenters. The fourth-order valence-corrected chi connectivity index (χ4v) is 5.78. The molecule has 1 saturated carbocycles. The molecule has 0 aliphatic heterocycles. The van der Waals surface area contributed by atoms with E-state index in [1.807, 2.05) is 18.2 Å². The van der Waals surface area contributed by atoms with Gasteiger partial charge in [-0.05, 0) is 87.1 Å². The molecule has 0 bridgehead atoms. The Hall–Kier alpha value is -3.47. The van der Waals surface area contributed by atoms with Crippen LogP contribution in [0.3, 0.4) is 0 Å². The van der Waals surface area contributed by atoms with E-state index in [1.165, 1.54) is 11.1 Å². The molecule has 0 spiro atoms. The van der Waals surface area contributed by atoms with Crippen molar-refractivity contribution in [3.8, 4) is 34.1 Å². The van der Waals surface area contributed by atoms with Crippen LogP contribution >= 0.6 is 0 Å². The van der Waals surface area contributed by atoms with Crippen molar-refractivity contribution >= 4 is 5.78 Å². The van der Waals surface area contributed by atoms with Gasteiger partial charge in [-0.1, -0.05) is 49.2 Å². The first-order valence-electron chi connectivity index (χ1n) is 13.8. The molecular formula is C33H40O5. The zero-order valence-electron chi connectivity index (χ0n) is 23.0. The lowest BCUT2D eigenvalue weighted by Crippen LogP contribution is -2.23. The number of hydrogen-bond donors (Lipinski definition) is 2. The Balaban J connectivity index is 1.65. The average molecular weight is 517 g/mol. The molecule has 1 aliphatic carbocycles. The second-order valence-corrected chi connectivity index (χ2v) is 10.6. The number of benzene rings is 3. The number of phenols is 2. The van der Waals surface area contributed by atoms with Gasteiger partial charge in [-0.3, -0.25) is 4.79 Å². The van der Waals surface area contributed by atoms with E-state index in [0.29, 0.717) is 35.0 Å². The van der Waals surface area contributed by atoms with Crippen molar-refractivity contribution in [2.45, 2.75) is 65.2 Å². The van der Waals surface area contributed by atoms with Crippen LogP contribution in [0, 0.1) is 18.8 Å². The number of carbonyl (C=O) groups is 1. The first-order chi connectivity index (χ1) is 18.4. The summed E-state index contributed by atoms with van der Waals surface area (Å²) in [5.41, 5.74) is 4.46. The minimum absolute atomic E-state index is 0.00944. The molecule has 38 heavy (non-hydrogen) atoms. The van der Waals surface area contributed by atoms with E-state index in [2.05, 4.69) is 38.1 Å². The van der Waals surface area contributed by atoms with E-state index < -0.39 is 0 Å². The lowest BCUT2D eigenvalue weighted by molar-refractivity contribution is 0.0866. The highest BCUT2D eigenvalue weighted by atomic mass is 16.5. The Morgan fingerprint density at radius 1 is 0.921 bits per heavy atom. The monoisotopic (exact) mass is 516 g/mol. The van der Waals surface area contributed by atoms with E-state index in [1.54, 1.807) is 20.3 Å². The van der Waals surface area contributed by atoms with Crippen LogP contribution < -0.4 is 9.47 Å². The van der Waals surface area contributed by atoms with Crippen LogP contribution in [0.25, 0.3) is 11.1 Å². The Morgan fingerprint density at radius 3 is 2.13 bits per heavy atom. The highest BCUT2D eigenvalue weighted by Crippen LogP contribution is 2.49. The third kappa shape index (κ3) is 5.82. The van der Waals surface area contributed by atoms with E-state index in [-0.39, 0.29) is 28.8 Å². The molecule has 0 radical (unpaired) electrons. The number of ether oxygens (including phenoxy) is 2. The van der Waals surface area contributed by atoms with Gasteiger partial charge in [-0.2, -0.15) is 0 Å². The van der Waals surface area contributed by atoms with Crippen molar-refractivity contribution in [2.24, 2.45) is 11.8 Å². The smallest absolute Gasteiger partial charge is 0.173 e. The molecule has 1 fully saturated rings. The summed E-state index contributed by atoms with van der Waals surface area (Å²) in [6.07, 6.45) is 6.89. The van der Waals surface area contributed by atoms with E-state index in [4.69, 9.17) is 9.47 Å². The molecule has 3 aromatic rings. The fraction of sp³-hybridized carbons (Fsp3) is 0.424. The van der Waals surface area contributed by atoms with Crippen molar-refractivity contribution in [1.82, 2.24) is 0 Å². The largest absolute Gasteiger partial charge is 0.507 e. The van der Waals surface area contributed by atoms with Gasteiger partial charge in [0.15, 0.2) is 5.78 Å². The number of phenolic OH excluding ortho intramolecular Hbond substituents is 2. The molecule has 4 rings (SSSR count). The maximum Gasteiger partial charge on any atom is 0.173 e. The van der Waals surface area contributed by atoms with Crippen LogP contribution in [0.2, 0.25) is 0 Å². The maximum atomic E-state index is 13.8. The van der Waals surface area contributed by atoms with Crippen molar-refractivity contribution in [1.29, 1.82) is 0 Å². The SMILES string of the molecule is CCCCc1cc(O)c(C(=O)C2CCC(Cc3ccc(C)cc3)CC2)c(O)c1-c1c(OC)cccc1OC. The van der Waals surface area contributed by atoms with Gasteiger partial charge in [-0.25, -0.2) is 0 Å². The average Bonchev–Trinajstić information content (AvgIpc) is 2.93.